The van der Waals surface area contributed by atoms with Gasteiger partial charge in [0.2, 0.25) is 11.8 Å². The van der Waals surface area contributed by atoms with E-state index in [1.54, 1.807) is 25.3 Å². The number of hydrogen-bond donors (Lipinski definition) is 3. The van der Waals surface area contributed by atoms with Crippen LogP contribution in [0.3, 0.4) is 0 Å². The summed E-state index contributed by atoms with van der Waals surface area (Å²) in [5, 5.41) is 27.6. The molecule has 312 valence electrons. The lowest BCUT2D eigenvalue weighted by atomic mass is 9.68. The van der Waals surface area contributed by atoms with Crippen molar-refractivity contribution in [1.82, 2.24) is 10.2 Å². The van der Waals surface area contributed by atoms with Crippen molar-refractivity contribution < 1.29 is 38.8 Å². The zero-order valence-corrected chi connectivity index (χ0v) is 35.8. The predicted octanol–water partition coefficient (Wildman–Crippen LogP) is 7.46. The van der Waals surface area contributed by atoms with E-state index in [0.717, 1.165) is 29.6 Å². The molecular formula is C44H57Cl3N2O8. The molecule has 9 atom stereocenters. The molecule has 5 rings (SSSR count). The minimum atomic E-state index is -1.04. The van der Waals surface area contributed by atoms with Gasteiger partial charge in [-0.25, -0.2) is 0 Å². The van der Waals surface area contributed by atoms with Gasteiger partial charge in [-0.3, -0.25) is 14.4 Å². The number of rotatable bonds is 17. The SMILES string of the molecule is COC[C@H]1CC[C@@H]2/C1=C\[C@]1(C)C(=C([C@H](C)COC(C)=O)C[C@@H]1O)[C@@H](OCCCCN(C(=O)CCl)C(C(=O)NCc1ccccc1)c1ccc(Cl)c(Cl)c1)[C@H](O)[C@@H]2C. The third kappa shape index (κ3) is 10.4. The number of nitrogens with zero attached hydrogens (tertiary/aromatic N) is 1. The highest BCUT2D eigenvalue weighted by molar-refractivity contribution is 6.42. The fourth-order valence-electron chi connectivity index (χ4n) is 9.04. The number of carbonyl (C=O) groups is 3. The highest BCUT2D eigenvalue weighted by Gasteiger charge is 2.53. The first-order chi connectivity index (χ1) is 27.2. The average molecular weight is 848 g/mol. The van der Waals surface area contributed by atoms with Crippen LogP contribution in [0.25, 0.3) is 0 Å². The Bertz CT molecular complexity index is 1790. The normalized spacial score (nSPS) is 27.6. The molecule has 3 aliphatic carbocycles. The Hall–Kier alpha value is -2.96. The van der Waals surface area contributed by atoms with E-state index < -0.39 is 41.6 Å². The van der Waals surface area contributed by atoms with Gasteiger partial charge in [0.15, 0.2) is 0 Å². The molecule has 0 saturated heterocycles. The van der Waals surface area contributed by atoms with Crippen molar-refractivity contribution in [3.8, 4) is 0 Å². The van der Waals surface area contributed by atoms with E-state index in [0.29, 0.717) is 36.5 Å². The molecule has 0 spiro atoms. The number of methoxy groups -OCH3 is 1. The molecule has 0 radical (unpaired) electrons. The number of fused-ring (bicyclic) bond motifs is 2. The predicted molar refractivity (Wildman–Crippen MR) is 222 cm³/mol. The van der Waals surface area contributed by atoms with Crippen molar-refractivity contribution in [2.45, 2.75) is 90.7 Å². The zero-order valence-electron chi connectivity index (χ0n) is 33.5. The minimum absolute atomic E-state index is 0.0980. The van der Waals surface area contributed by atoms with Crippen LogP contribution in [0.1, 0.15) is 77.0 Å². The fraction of sp³-hybridized carbons (Fsp3) is 0.568. The number of nitrogens with one attached hydrogen (secondary N) is 1. The van der Waals surface area contributed by atoms with Gasteiger partial charge in [0, 0.05) is 51.0 Å². The number of amides is 2. The van der Waals surface area contributed by atoms with Crippen molar-refractivity contribution >= 4 is 52.6 Å². The summed E-state index contributed by atoms with van der Waals surface area (Å²) >= 11 is 18.8. The van der Waals surface area contributed by atoms with Crippen LogP contribution >= 0.6 is 34.8 Å². The van der Waals surface area contributed by atoms with E-state index in [1.807, 2.05) is 44.2 Å². The van der Waals surface area contributed by atoms with Crippen LogP contribution in [0.4, 0.5) is 0 Å². The number of benzene rings is 2. The molecule has 2 aromatic carbocycles. The van der Waals surface area contributed by atoms with Crippen LogP contribution in [0.5, 0.6) is 0 Å². The Labute approximate surface area is 351 Å². The summed E-state index contributed by atoms with van der Waals surface area (Å²) in [7, 11) is 1.70. The number of ether oxygens (including phenoxy) is 3. The second kappa shape index (κ2) is 20.3. The van der Waals surface area contributed by atoms with Gasteiger partial charge in [-0.1, -0.05) is 90.7 Å². The maximum atomic E-state index is 13.9. The molecule has 13 heteroatoms. The van der Waals surface area contributed by atoms with Crippen molar-refractivity contribution in [2.75, 3.05) is 39.4 Å². The number of aliphatic hydroxyl groups excluding tert-OH is 2. The van der Waals surface area contributed by atoms with Crippen LogP contribution in [0.15, 0.2) is 71.3 Å². The molecular weight excluding hydrogens is 791 g/mol. The van der Waals surface area contributed by atoms with Gasteiger partial charge in [-0.15, -0.1) is 11.6 Å². The molecule has 1 fully saturated rings. The number of aliphatic hydroxyl groups is 2. The highest BCUT2D eigenvalue weighted by Crippen LogP contribution is 2.55. The summed E-state index contributed by atoms with van der Waals surface area (Å²) in [6.07, 6.45) is 2.93. The van der Waals surface area contributed by atoms with Gasteiger partial charge in [-0.2, -0.15) is 0 Å². The maximum absolute atomic E-state index is 13.9. The second-order valence-electron chi connectivity index (χ2n) is 16.0. The fourth-order valence-corrected chi connectivity index (χ4v) is 9.50. The molecule has 0 bridgehead atoms. The van der Waals surface area contributed by atoms with Crippen LogP contribution in [-0.2, 0) is 35.1 Å². The van der Waals surface area contributed by atoms with Crippen LogP contribution < -0.4 is 5.32 Å². The highest BCUT2D eigenvalue weighted by atomic mass is 35.5. The molecule has 10 nitrogen and oxygen atoms in total. The van der Waals surface area contributed by atoms with Gasteiger partial charge < -0.3 is 34.6 Å². The number of hydrogen-bond acceptors (Lipinski definition) is 8. The molecule has 2 amide bonds. The Morgan fingerprint density at radius 1 is 1.05 bits per heavy atom. The van der Waals surface area contributed by atoms with Crippen molar-refractivity contribution in [3.63, 3.8) is 0 Å². The molecule has 1 saturated carbocycles. The van der Waals surface area contributed by atoms with Crippen LogP contribution in [0.2, 0.25) is 10.0 Å². The summed E-state index contributed by atoms with van der Waals surface area (Å²) < 4.78 is 17.7. The van der Waals surface area contributed by atoms with Gasteiger partial charge in [0.1, 0.15) is 18.0 Å². The van der Waals surface area contributed by atoms with E-state index in [9.17, 15) is 24.6 Å². The van der Waals surface area contributed by atoms with Crippen molar-refractivity contribution in [2.24, 2.45) is 29.1 Å². The first-order valence-corrected chi connectivity index (χ1v) is 21.2. The summed E-state index contributed by atoms with van der Waals surface area (Å²) in [6.45, 7) is 8.80. The molecule has 1 unspecified atom stereocenters. The van der Waals surface area contributed by atoms with Gasteiger partial charge in [-0.05, 0) is 79.7 Å². The molecule has 3 N–H and O–H groups in total. The smallest absolute Gasteiger partial charge is 0.302 e. The van der Waals surface area contributed by atoms with Gasteiger partial charge >= 0.3 is 5.97 Å². The number of carbonyl (C=O) groups excluding carboxylic acids is 3. The summed E-state index contributed by atoms with van der Waals surface area (Å²) in [5.74, 6) is -1.63. The van der Waals surface area contributed by atoms with Gasteiger partial charge in [0.05, 0.1) is 35.5 Å². The second-order valence-corrected chi connectivity index (χ2v) is 17.1. The maximum Gasteiger partial charge on any atom is 0.302 e. The molecule has 0 aromatic heterocycles. The average Bonchev–Trinajstić information content (AvgIpc) is 3.70. The number of esters is 1. The third-order valence-corrected chi connectivity index (χ3v) is 13.1. The van der Waals surface area contributed by atoms with Crippen LogP contribution in [0, 0.1) is 29.1 Å². The Kier molecular flexibility index (Phi) is 16.1. The molecule has 2 aromatic rings. The first kappa shape index (κ1) is 45.1. The van der Waals surface area contributed by atoms with E-state index in [-0.39, 0.29) is 66.8 Å². The summed E-state index contributed by atoms with van der Waals surface area (Å²) in [4.78, 5) is 40.7. The Balaban J connectivity index is 1.39. The Morgan fingerprint density at radius 3 is 2.46 bits per heavy atom. The minimum Gasteiger partial charge on any atom is -0.465 e. The van der Waals surface area contributed by atoms with Crippen LogP contribution in [-0.4, -0.2) is 90.6 Å². The van der Waals surface area contributed by atoms with E-state index in [2.05, 4.69) is 18.3 Å². The standard InChI is InChI=1S/C44H57Cl3N2O8/c1-26(24-57-28(3)50)33-20-37(51)44(4)21-34-31(25-55-5)13-15-32(34)27(2)41(53)42(39(33)44)56-18-10-9-17-49(38(52)22-45)40(30-14-16-35(46)36(47)19-30)43(54)48-23-29-11-7-6-8-12-29/h6-8,11-12,14,16,19,21,26-27,31-32,37,40-42,51,53H,9-10,13,15,17-18,20,22-25H2,1-5H3,(H,48,54)/b34-21-/t26-,27-,31-,32+,37+,40?,41-,42-,44+/m1/s1. The topological polar surface area (TPSA) is 135 Å². The van der Waals surface area contributed by atoms with E-state index >= 15 is 0 Å². The third-order valence-electron chi connectivity index (χ3n) is 12.1. The number of halogens is 3. The number of alkyl halides is 1. The van der Waals surface area contributed by atoms with Crippen molar-refractivity contribution in [1.29, 1.82) is 0 Å². The first-order valence-electron chi connectivity index (χ1n) is 19.9. The molecule has 3 aliphatic rings. The molecule has 0 heterocycles. The summed E-state index contributed by atoms with van der Waals surface area (Å²) in [6, 6.07) is 13.3. The number of unbranched alkanes of at least 4 members (excludes halogenated alkanes) is 1. The van der Waals surface area contributed by atoms with Crippen molar-refractivity contribution in [3.05, 3.63) is 92.5 Å². The lowest BCUT2D eigenvalue weighted by Crippen LogP contribution is -2.46. The monoisotopic (exact) mass is 846 g/mol. The molecule has 0 aliphatic heterocycles. The molecule has 57 heavy (non-hydrogen) atoms. The lowest BCUT2D eigenvalue weighted by Gasteiger charge is -2.43. The van der Waals surface area contributed by atoms with E-state index in [1.165, 1.54) is 17.4 Å². The van der Waals surface area contributed by atoms with Gasteiger partial charge in [0.25, 0.3) is 0 Å². The Morgan fingerprint density at radius 2 is 1.79 bits per heavy atom. The lowest BCUT2D eigenvalue weighted by molar-refractivity contribution is -0.141. The quantitative estimate of drug-likeness (QED) is 0.0647. The zero-order chi connectivity index (χ0) is 41.4. The summed E-state index contributed by atoms with van der Waals surface area (Å²) in [5.41, 5.74) is 3.52. The van der Waals surface area contributed by atoms with E-state index in [4.69, 9.17) is 49.0 Å². The largest absolute Gasteiger partial charge is 0.465 e.